The molecule has 0 spiro atoms. The van der Waals surface area contributed by atoms with Gasteiger partial charge < -0.3 is 15.1 Å². The number of urea groups is 1. The highest BCUT2D eigenvalue weighted by Gasteiger charge is 2.21. The van der Waals surface area contributed by atoms with Gasteiger partial charge in [0.05, 0.1) is 0 Å². The number of hydrogen-bond acceptors (Lipinski definition) is 2. The van der Waals surface area contributed by atoms with Gasteiger partial charge in [0.1, 0.15) is 0 Å². The van der Waals surface area contributed by atoms with Gasteiger partial charge in [0.25, 0.3) is 0 Å². The van der Waals surface area contributed by atoms with Crippen LogP contribution in [-0.4, -0.2) is 37.1 Å². The lowest BCUT2D eigenvalue weighted by Crippen LogP contribution is -2.51. The summed E-state index contributed by atoms with van der Waals surface area (Å²) in [6, 6.07) is 17.1. The molecule has 4 heteroatoms. The summed E-state index contributed by atoms with van der Waals surface area (Å²) < 4.78 is 0. The number of aryl methyl sites for hydroxylation is 2. The largest absolute Gasteiger partial charge is 0.368 e. The molecular weight excluding hydrogens is 310 g/mol. The SMILES string of the molecule is CCc1ccc(N2CCN(C(=O)NCc3ccc(C)cc3)CC2)cc1. The highest BCUT2D eigenvalue weighted by atomic mass is 16.2. The van der Waals surface area contributed by atoms with E-state index in [4.69, 9.17) is 0 Å². The van der Waals surface area contributed by atoms with Crippen LogP contribution in [0.3, 0.4) is 0 Å². The minimum Gasteiger partial charge on any atom is -0.368 e. The number of carbonyl (C=O) groups is 1. The molecule has 1 fully saturated rings. The van der Waals surface area contributed by atoms with E-state index in [1.165, 1.54) is 16.8 Å². The average Bonchev–Trinajstić information content (AvgIpc) is 2.67. The van der Waals surface area contributed by atoms with Gasteiger partial charge in [-0.3, -0.25) is 0 Å². The summed E-state index contributed by atoms with van der Waals surface area (Å²) in [7, 11) is 0. The number of piperazine rings is 1. The number of rotatable bonds is 4. The first-order valence-electron chi connectivity index (χ1n) is 9.08. The monoisotopic (exact) mass is 337 g/mol. The van der Waals surface area contributed by atoms with Gasteiger partial charge in [-0.05, 0) is 36.6 Å². The van der Waals surface area contributed by atoms with Crippen LogP contribution in [-0.2, 0) is 13.0 Å². The maximum absolute atomic E-state index is 12.4. The average molecular weight is 337 g/mol. The molecule has 0 saturated carbocycles. The smallest absolute Gasteiger partial charge is 0.317 e. The number of amides is 2. The van der Waals surface area contributed by atoms with E-state index < -0.39 is 0 Å². The molecule has 0 atom stereocenters. The number of nitrogens with one attached hydrogen (secondary N) is 1. The van der Waals surface area contributed by atoms with Crippen LogP contribution in [0.5, 0.6) is 0 Å². The summed E-state index contributed by atoms with van der Waals surface area (Å²) >= 11 is 0. The Bertz CT molecular complexity index is 686. The molecule has 0 aliphatic carbocycles. The van der Waals surface area contributed by atoms with Crippen molar-refractivity contribution in [2.24, 2.45) is 0 Å². The Kier molecular flexibility index (Phi) is 5.59. The number of benzene rings is 2. The van der Waals surface area contributed by atoms with E-state index in [0.717, 1.165) is 38.2 Å². The Labute approximate surface area is 150 Å². The van der Waals surface area contributed by atoms with Crippen molar-refractivity contribution in [3.8, 4) is 0 Å². The molecule has 2 amide bonds. The maximum atomic E-state index is 12.4. The fourth-order valence-electron chi connectivity index (χ4n) is 3.11. The first-order valence-corrected chi connectivity index (χ1v) is 9.08. The molecule has 25 heavy (non-hydrogen) atoms. The molecule has 132 valence electrons. The van der Waals surface area contributed by atoms with Crippen LogP contribution in [0.2, 0.25) is 0 Å². The minimum absolute atomic E-state index is 0.0292. The molecule has 0 bridgehead atoms. The lowest BCUT2D eigenvalue weighted by molar-refractivity contribution is 0.194. The summed E-state index contributed by atoms with van der Waals surface area (Å²) in [5, 5.41) is 3.03. The normalized spacial score (nSPS) is 14.5. The van der Waals surface area contributed by atoms with E-state index in [0.29, 0.717) is 6.54 Å². The zero-order valence-electron chi connectivity index (χ0n) is 15.2. The second kappa shape index (κ2) is 8.06. The highest BCUT2D eigenvalue weighted by molar-refractivity contribution is 5.74. The summed E-state index contributed by atoms with van der Waals surface area (Å²) in [4.78, 5) is 16.6. The quantitative estimate of drug-likeness (QED) is 0.925. The van der Waals surface area contributed by atoms with Crippen molar-refractivity contribution in [2.45, 2.75) is 26.8 Å². The molecule has 4 nitrogen and oxygen atoms in total. The van der Waals surface area contributed by atoms with Crippen molar-refractivity contribution in [3.63, 3.8) is 0 Å². The highest BCUT2D eigenvalue weighted by Crippen LogP contribution is 2.17. The van der Waals surface area contributed by atoms with Gasteiger partial charge >= 0.3 is 6.03 Å². The van der Waals surface area contributed by atoms with E-state index >= 15 is 0 Å². The molecule has 0 aromatic heterocycles. The predicted molar refractivity (Wildman–Crippen MR) is 103 cm³/mol. The second-order valence-corrected chi connectivity index (χ2v) is 6.64. The molecule has 1 N–H and O–H groups in total. The number of hydrogen-bond donors (Lipinski definition) is 1. The lowest BCUT2D eigenvalue weighted by atomic mass is 10.1. The van der Waals surface area contributed by atoms with Crippen molar-refractivity contribution in [1.29, 1.82) is 0 Å². The number of carbonyl (C=O) groups excluding carboxylic acids is 1. The third-order valence-electron chi connectivity index (χ3n) is 4.84. The van der Waals surface area contributed by atoms with Crippen LogP contribution in [0, 0.1) is 6.92 Å². The molecule has 2 aromatic carbocycles. The Morgan fingerprint density at radius 2 is 1.52 bits per heavy atom. The fourth-order valence-corrected chi connectivity index (χ4v) is 3.11. The van der Waals surface area contributed by atoms with E-state index in [1.807, 2.05) is 4.90 Å². The van der Waals surface area contributed by atoms with E-state index in [2.05, 4.69) is 72.6 Å². The Hall–Kier alpha value is -2.49. The first kappa shape index (κ1) is 17.3. The summed E-state index contributed by atoms with van der Waals surface area (Å²) in [5.41, 5.74) is 4.97. The third-order valence-corrected chi connectivity index (χ3v) is 4.84. The van der Waals surface area contributed by atoms with Gasteiger partial charge in [-0.1, -0.05) is 48.9 Å². The zero-order valence-corrected chi connectivity index (χ0v) is 15.2. The third kappa shape index (κ3) is 4.53. The van der Waals surface area contributed by atoms with Crippen LogP contribution in [0.4, 0.5) is 10.5 Å². The van der Waals surface area contributed by atoms with Gasteiger partial charge in [0.2, 0.25) is 0 Å². The first-order chi connectivity index (χ1) is 12.2. The van der Waals surface area contributed by atoms with Crippen LogP contribution >= 0.6 is 0 Å². The van der Waals surface area contributed by atoms with Crippen LogP contribution in [0.15, 0.2) is 48.5 Å². The van der Waals surface area contributed by atoms with E-state index in [9.17, 15) is 4.79 Å². The van der Waals surface area contributed by atoms with Gasteiger partial charge in [-0.15, -0.1) is 0 Å². The number of nitrogens with zero attached hydrogens (tertiary/aromatic N) is 2. The molecule has 2 aromatic rings. The van der Waals surface area contributed by atoms with Gasteiger partial charge in [-0.2, -0.15) is 0 Å². The standard InChI is InChI=1S/C21H27N3O/c1-3-18-8-10-20(11-9-18)23-12-14-24(15-13-23)21(25)22-16-19-6-4-17(2)5-7-19/h4-11H,3,12-16H2,1-2H3,(H,22,25). The Morgan fingerprint density at radius 3 is 2.12 bits per heavy atom. The van der Waals surface area contributed by atoms with Crippen molar-refractivity contribution < 1.29 is 4.79 Å². The van der Waals surface area contributed by atoms with Crippen LogP contribution in [0.1, 0.15) is 23.6 Å². The summed E-state index contributed by atoms with van der Waals surface area (Å²) in [6.45, 7) is 8.09. The molecular formula is C21H27N3O. The lowest BCUT2D eigenvalue weighted by Gasteiger charge is -2.36. The topological polar surface area (TPSA) is 35.6 Å². The molecule has 0 radical (unpaired) electrons. The molecule has 1 saturated heterocycles. The van der Waals surface area contributed by atoms with Crippen molar-refractivity contribution >= 4 is 11.7 Å². The second-order valence-electron chi connectivity index (χ2n) is 6.64. The van der Waals surface area contributed by atoms with Gasteiger partial charge in [0.15, 0.2) is 0 Å². The van der Waals surface area contributed by atoms with Crippen molar-refractivity contribution in [3.05, 3.63) is 65.2 Å². The summed E-state index contributed by atoms with van der Waals surface area (Å²) in [6.07, 6.45) is 1.06. The number of anilines is 1. The zero-order chi connectivity index (χ0) is 17.6. The van der Waals surface area contributed by atoms with Crippen molar-refractivity contribution in [2.75, 3.05) is 31.1 Å². The maximum Gasteiger partial charge on any atom is 0.317 e. The minimum atomic E-state index is 0.0292. The van der Waals surface area contributed by atoms with Gasteiger partial charge in [-0.25, -0.2) is 4.79 Å². The van der Waals surface area contributed by atoms with Gasteiger partial charge in [0, 0.05) is 38.4 Å². The molecule has 1 heterocycles. The van der Waals surface area contributed by atoms with Crippen LogP contribution in [0.25, 0.3) is 0 Å². The van der Waals surface area contributed by atoms with E-state index in [-0.39, 0.29) is 6.03 Å². The molecule has 1 aliphatic heterocycles. The molecule has 3 rings (SSSR count). The molecule has 1 aliphatic rings. The Balaban J connectivity index is 1.47. The summed E-state index contributed by atoms with van der Waals surface area (Å²) in [5.74, 6) is 0. The van der Waals surface area contributed by atoms with Crippen LogP contribution < -0.4 is 10.2 Å². The van der Waals surface area contributed by atoms with Crippen molar-refractivity contribution in [1.82, 2.24) is 10.2 Å². The Morgan fingerprint density at radius 1 is 0.920 bits per heavy atom. The fraction of sp³-hybridized carbons (Fsp3) is 0.381. The van der Waals surface area contributed by atoms with E-state index in [1.54, 1.807) is 0 Å². The molecule has 0 unspecified atom stereocenters. The predicted octanol–water partition coefficient (Wildman–Crippen LogP) is 3.59.